The molecule has 66 valence electrons. The molecule has 0 aromatic carbocycles. The summed E-state index contributed by atoms with van der Waals surface area (Å²) in [7, 11) is 0. The van der Waals surface area contributed by atoms with E-state index in [0.717, 1.165) is 5.56 Å². The maximum Gasteiger partial charge on any atom is 0.281 e. The van der Waals surface area contributed by atoms with Gasteiger partial charge in [-0.1, -0.05) is 15.9 Å². The molecule has 0 aliphatic carbocycles. The maximum absolute atomic E-state index is 12.2. The lowest BCUT2D eigenvalue weighted by Crippen LogP contribution is -1.95. The number of hydrogen-bond donors (Lipinski definition) is 0. The fourth-order valence-electron chi connectivity index (χ4n) is 0.722. The molecule has 0 spiro atoms. The molecule has 0 fully saturated rings. The van der Waals surface area contributed by atoms with Gasteiger partial charge in [-0.05, 0) is 34.2 Å². The van der Waals surface area contributed by atoms with E-state index >= 15 is 0 Å². The molecule has 0 N–H and O–H groups in total. The van der Waals surface area contributed by atoms with Gasteiger partial charge < -0.3 is 0 Å². The van der Waals surface area contributed by atoms with Crippen LogP contribution in [0.2, 0.25) is 0 Å². The van der Waals surface area contributed by atoms with Crippen LogP contribution in [0.1, 0.15) is 17.7 Å². The van der Waals surface area contributed by atoms with Crippen molar-refractivity contribution in [3.8, 4) is 0 Å². The summed E-state index contributed by atoms with van der Waals surface area (Å²) in [5, 5.41) is 0.638. The monoisotopic (exact) mass is 347 g/mol. The van der Waals surface area contributed by atoms with Crippen LogP contribution in [0.15, 0.2) is 12.3 Å². The van der Waals surface area contributed by atoms with Gasteiger partial charge >= 0.3 is 0 Å². The summed E-state index contributed by atoms with van der Waals surface area (Å²) < 4.78 is 24.9. The van der Waals surface area contributed by atoms with Gasteiger partial charge in [0.15, 0.2) is 0 Å². The molecule has 1 nitrogen and oxygen atoms in total. The van der Waals surface area contributed by atoms with E-state index in [0.29, 0.717) is 8.90 Å². The second kappa shape index (κ2) is 4.45. The summed E-state index contributed by atoms with van der Waals surface area (Å²) in [5.74, 6) is 0. The lowest BCUT2D eigenvalue weighted by Gasteiger charge is -2.02. The number of rotatable bonds is 2. The fourth-order valence-corrected chi connectivity index (χ4v) is 1.80. The molecule has 0 unspecified atom stereocenters. The quantitative estimate of drug-likeness (QED) is 0.589. The van der Waals surface area contributed by atoms with Crippen LogP contribution >= 0.6 is 38.5 Å². The van der Waals surface area contributed by atoms with Gasteiger partial charge in [-0.3, -0.25) is 4.98 Å². The highest BCUT2D eigenvalue weighted by Crippen LogP contribution is 2.23. The smallest absolute Gasteiger partial charge is 0.254 e. The van der Waals surface area contributed by atoms with Crippen molar-refractivity contribution in [1.82, 2.24) is 4.98 Å². The Balaban J connectivity index is 3.03. The van der Waals surface area contributed by atoms with Crippen LogP contribution < -0.4 is 0 Å². The van der Waals surface area contributed by atoms with E-state index in [2.05, 4.69) is 20.9 Å². The van der Waals surface area contributed by atoms with E-state index in [1.165, 1.54) is 6.20 Å². The van der Waals surface area contributed by atoms with E-state index < -0.39 is 6.43 Å². The highest BCUT2D eigenvalue weighted by Gasteiger charge is 2.12. The Bertz CT molecular complexity index is 280. The zero-order chi connectivity index (χ0) is 9.14. The van der Waals surface area contributed by atoms with Gasteiger partial charge in [0.2, 0.25) is 0 Å². The first-order valence-corrected chi connectivity index (χ1v) is 5.33. The molecule has 0 atom stereocenters. The van der Waals surface area contributed by atoms with Gasteiger partial charge in [0, 0.05) is 15.1 Å². The topological polar surface area (TPSA) is 12.9 Å². The Kier molecular flexibility index (Phi) is 3.82. The molecule has 0 aliphatic rings. The van der Waals surface area contributed by atoms with Crippen molar-refractivity contribution < 1.29 is 8.78 Å². The Hall–Kier alpha value is 0.220. The van der Waals surface area contributed by atoms with Crippen molar-refractivity contribution >= 4 is 38.5 Å². The predicted molar refractivity (Wildman–Crippen MR) is 54.5 cm³/mol. The standard InChI is InChI=1S/C7H5BrF2IN/c8-2-4-1-5(11)6(7(9)10)12-3-4/h1,3,7H,2H2. The number of nitrogens with zero attached hydrogens (tertiary/aromatic N) is 1. The number of hydrogen-bond acceptors (Lipinski definition) is 1. The molecule has 1 rings (SSSR count). The van der Waals surface area contributed by atoms with Crippen LogP contribution in [0.3, 0.4) is 0 Å². The molecule has 5 heteroatoms. The highest BCUT2D eigenvalue weighted by molar-refractivity contribution is 14.1. The van der Waals surface area contributed by atoms with Crippen molar-refractivity contribution in [1.29, 1.82) is 0 Å². The average molecular weight is 348 g/mol. The van der Waals surface area contributed by atoms with Gasteiger partial charge in [-0.25, -0.2) is 8.78 Å². The third kappa shape index (κ3) is 2.35. The second-order valence-electron chi connectivity index (χ2n) is 2.14. The number of alkyl halides is 3. The maximum atomic E-state index is 12.2. The third-order valence-electron chi connectivity index (χ3n) is 1.29. The van der Waals surface area contributed by atoms with Gasteiger partial charge in [-0.15, -0.1) is 0 Å². The Morgan fingerprint density at radius 3 is 2.67 bits per heavy atom. The Morgan fingerprint density at radius 2 is 2.25 bits per heavy atom. The van der Waals surface area contributed by atoms with Crippen molar-refractivity contribution in [2.24, 2.45) is 0 Å². The van der Waals surface area contributed by atoms with Gasteiger partial charge in [0.25, 0.3) is 6.43 Å². The van der Waals surface area contributed by atoms with E-state index in [1.807, 2.05) is 22.6 Å². The largest absolute Gasteiger partial charge is 0.281 e. The molecular formula is C7H5BrF2IN. The molecule has 1 heterocycles. The summed E-state index contributed by atoms with van der Waals surface area (Å²) in [6.07, 6.45) is -1.03. The van der Waals surface area contributed by atoms with Crippen molar-refractivity contribution in [2.45, 2.75) is 11.8 Å². The first-order valence-electron chi connectivity index (χ1n) is 3.13. The molecule has 0 aliphatic heterocycles. The fraction of sp³-hybridized carbons (Fsp3) is 0.286. The first-order chi connectivity index (χ1) is 5.65. The minimum Gasteiger partial charge on any atom is -0.254 e. The lowest BCUT2D eigenvalue weighted by molar-refractivity contribution is 0.145. The van der Waals surface area contributed by atoms with Crippen LogP contribution in [0.25, 0.3) is 0 Å². The molecule has 0 amide bonds. The zero-order valence-electron chi connectivity index (χ0n) is 5.90. The Labute approximate surface area is 90.8 Å². The first kappa shape index (κ1) is 10.3. The predicted octanol–water partition coefficient (Wildman–Crippen LogP) is 3.52. The Morgan fingerprint density at radius 1 is 1.58 bits per heavy atom. The van der Waals surface area contributed by atoms with E-state index in [9.17, 15) is 8.78 Å². The van der Waals surface area contributed by atoms with Crippen molar-refractivity contribution in [2.75, 3.05) is 0 Å². The normalized spacial score (nSPS) is 10.8. The van der Waals surface area contributed by atoms with Gasteiger partial charge in [0.1, 0.15) is 5.69 Å². The number of aromatic nitrogens is 1. The number of pyridine rings is 1. The van der Waals surface area contributed by atoms with Crippen LogP contribution in [-0.2, 0) is 5.33 Å². The summed E-state index contributed by atoms with van der Waals surface area (Å²) in [6.45, 7) is 0. The molecule has 0 bridgehead atoms. The van der Waals surface area contributed by atoms with E-state index in [1.54, 1.807) is 6.07 Å². The van der Waals surface area contributed by atoms with Gasteiger partial charge in [-0.2, -0.15) is 0 Å². The van der Waals surface area contributed by atoms with Gasteiger partial charge in [0.05, 0.1) is 0 Å². The highest BCUT2D eigenvalue weighted by atomic mass is 127. The second-order valence-corrected chi connectivity index (χ2v) is 3.87. The molecule has 0 radical (unpaired) electrons. The molecule has 0 saturated heterocycles. The molecule has 12 heavy (non-hydrogen) atoms. The average Bonchev–Trinajstić information content (AvgIpc) is 2.03. The zero-order valence-corrected chi connectivity index (χ0v) is 9.64. The van der Waals surface area contributed by atoms with Crippen LogP contribution in [0.5, 0.6) is 0 Å². The summed E-state index contributed by atoms with van der Waals surface area (Å²) in [6, 6.07) is 1.70. The third-order valence-corrected chi connectivity index (χ3v) is 2.80. The van der Waals surface area contributed by atoms with E-state index in [-0.39, 0.29) is 5.69 Å². The van der Waals surface area contributed by atoms with Crippen LogP contribution in [-0.4, -0.2) is 4.98 Å². The molecule has 1 aromatic rings. The van der Waals surface area contributed by atoms with Crippen molar-refractivity contribution in [3.63, 3.8) is 0 Å². The summed E-state index contributed by atoms with van der Waals surface area (Å²) >= 11 is 5.08. The van der Waals surface area contributed by atoms with Crippen molar-refractivity contribution in [3.05, 3.63) is 27.1 Å². The van der Waals surface area contributed by atoms with E-state index in [4.69, 9.17) is 0 Å². The minimum atomic E-state index is -2.48. The van der Waals surface area contributed by atoms with Crippen LogP contribution in [0.4, 0.5) is 8.78 Å². The molecular weight excluding hydrogens is 343 g/mol. The summed E-state index contributed by atoms with van der Waals surface area (Å²) in [4.78, 5) is 3.66. The molecule has 0 saturated carbocycles. The lowest BCUT2D eigenvalue weighted by atomic mass is 10.3. The minimum absolute atomic E-state index is 0.139. The van der Waals surface area contributed by atoms with Crippen LogP contribution in [0, 0.1) is 3.57 Å². The number of halogens is 4. The molecule has 1 aromatic heterocycles. The summed E-state index contributed by atoms with van der Waals surface area (Å²) in [5.41, 5.74) is 0.768. The SMILES string of the molecule is FC(F)c1ncc(CBr)cc1I.